The van der Waals surface area contributed by atoms with Crippen LogP contribution in [0.2, 0.25) is 0 Å². The second-order valence-electron chi connectivity index (χ2n) is 5.31. The largest absolute Gasteiger partial charge is 0.327 e. The highest BCUT2D eigenvalue weighted by molar-refractivity contribution is 5.16. The monoisotopic (exact) mass is 233 g/mol. The van der Waals surface area contributed by atoms with Crippen LogP contribution in [0.3, 0.4) is 0 Å². The smallest absolute Gasteiger partial charge is 0.0400 e. The van der Waals surface area contributed by atoms with E-state index in [0.29, 0.717) is 18.0 Å². The Morgan fingerprint density at radius 2 is 2.12 bits per heavy atom. The number of hydrogen-bond donors (Lipinski definition) is 1. The van der Waals surface area contributed by atoms with Crippen LogP contribution in [-0.4, -0.2) is 30.0 Å². The number of nitrogens with zero attached hydrogens (tertiary/aromatic N) is 2. The van der Waals surface area contributed by atoms with Gasteiger partial charge in [0, 0.05) is 24.5 Å². The van der Waals surface area contributed by atoms with E-state index in [4.69, 9.17) is 5.73 Å². The van der Waals surface area contributed by atoms with Gasteiger partial charge < -0.3 is 10.6 Å². The summed E-state index contributed by atoms with van der Waals surface area (Å²) >= 11 is 0. The van der Waals surface area contributed by atoms with E-state index in [9.17, 15) is 0 Å². The van der Waals surface area contributed by atoms with Crippen LogP contribution in [0.5, 0.6) is 0 Å². The van der Waals surface area contributed by atoms with Gasteiger partial charge in [-0.1, -0.05) is 18.9 Å². The van der Waals surface area contributed by atoms with E-state index < -0.39 is 0 Å². The number of aromatic nitrogens is 1. The number of nitrogens with two attached hydrogens (primary N) is 1. The number of hydrogen-bond acceptors (Lipinski definition) is 3. The molecule has 3 atom stereocenters. The third-order valence-electron chi connectivity index (χ3n) is 3.86. The molecule has 0 aliphatic heterocycles. The number of pyridine rings is 1. The van der Waals surface area contributed by atoms with E-state index in [-0.39, 0.29) is 0 Å². The molecular formula is C14H23N3. The highest BCUT2D eigenvalue weighted by Crippen LogP contribution is 2.36. The lowest BCUT2D eigenvalue weighted by Gasteiger charge is -2.38. The third-order valence-corrected chi connectivity index (χ3v) is 3.86. The number of rotatable bonds is 3. The Labute approximate surface area is 104 Å². The first-order chi connectivity index (χ1) is 8.20. The molecule has 2 rings (SSSR count). The lowest BCUT2D eigenvalue weighted by atomic mass is 9.78. The molecule has 1 saturated carbocycles. The molecule has 3 nitrogen and oxygen atoms in total. The summed E-state index contributed by atoms with van der Waals surface area (Å²) in [4.78, 5) is 6.52. The Hall–Kier alpha value is -0.930. The molecule has 17 heavy (non-hydrogen) atoms. The Balaban J connectivity index is 2.22. The van der Waals surface area contributed by atoms with E-state index in [1.165, 1.54) is 24.8 Å². The molecule has 94 valence electrons. The predicted octanol–water partition coefficient (Wildman–Crippen LogP) is 2.20. The van der Waals surface area contributed by atoms with Gasteiger partial charge in [-0.3, -0.25) is 4.98 Å². The molecule has 3 heteroatoms. The highest BCUT2D eigenvalue weighted by atomic mass is 15.1. The van der Waals surface area contributed by atoms with E-state index in [2.05, 4.69) is 30.0 Å². The fourth-order valence-electron chi connectivity index (χ4n) is 3.06. The first kappa shape index (κ1) is 12.5. The lowest BCUT2D eigenvalue weighted by molar-refractivity contribution is 0.151. The molecule has 0 bridgehead atoms. The average molecular weight is 233 g/mol. The van der Waals surface area contributed by atoms with Crippen LogP contribution in [0.25, 0.3) is 0 Å². The van der Waals surface area contributed by atoms with Gasteiger partial charge in [0.1, 0.15) is 0 Å². The normalized spacial score (nSPS) is 27.1. The zero-order valence-electron chi connectivity index (χ0n) is 10.8. The summed E-state index contributed by atoms with van der Waals surface area (Å²) in [6, 6.07) is 4.91. The molecule has 2 N–H and O–H groups in total. The molecule has 0 aromatic carbocycles. The van der Waals surface area contributed by atoms with Crippen LogP contribution >= 0.6 is 0 Å². The Bertz CT molecular complexity index is 337. The lowest BCUT2D eigenvalue weighted by Crippen LogP contribution is -2.41. The molecule has 0 saturated heterocycles. The van der Waals surface area contributed by atoms with E-state index >= 15 is 0 Å². The molecule has 1 aliphatic carbocycles. The molecule has 0 spiro atoms. The summed E-state index contributed by atoms with van der Waals surface area (Å²) in [5.74, 6) is 0.558. The minimum absolute atomic E-state index is 0.330. The predicted molar refractivity (Wildman–Crippen MR) is 70.6 cm³/mol. The van der Waals surface area contributed by atoms with Gasteiger partial charge in [-0.2, -0.15) is 0 Å². The molecule has 3 unspecified atom stereocenters. The van der Waals surface area contributed by atoms with Crippen molar-refractivity contribution < 1.29 is 0 Å². The van der Waals surface area contributed by atoms with Gasteiger partial charge in [0.25, 0.3) is 0 Å². The molecule has 1 fully saturated rings. The van der Waals surface area contributed by atoms with Crippen molar-refractivity contribution in [3.63, 3.8) is 0 Å². The first-order valence-electron chi connectivity index (χ1n) is 6.52. The van der Waals surface area contributed by atoms with Crippen molar-refractivity contribution >= 4 is 0 Å². The van der Waals surface area contributed by atoms with Crippen LogP contribution < -0.4 is 5.73 Å². The zero-order valence-corrected chi connectivity index (χ0v) is 10.8. The fourth-order valence-corrected chi connectivity index (χ4v) is 3.06. The second kappa shape index (κ2) is 5.61. The van der Waals surface area contributed by atoms with Gasteiger partial charge in [0.2, 0.25) is 0 Å². The molecule has 0 amide bonds. The van der Waals surface area contributed by atoms with Crippen molar-refractivity contribution in [1.29, 1.82) is 0 Å². The SMILES string of the molecule is CN(C)C(c1cccnc1)C1CCCCC1N. The molecular weight excluding hydrogens is 210 g/mol. The van der Waals surface area contributed by atoms with Gasteiger partial charge in [-0.15, -0.1) is 0 Å². The molecule has 1 aromatic rings. The summed E-state index contributed by atoms with van der Waals surface area (Å²) in [7, 11) is 4.28. The van der Waals surface area contributed by atoms with Crippen molar-refractivity contribution in [1.82, 2.24) is 9.88 Å². The van der Waals surface area contributed by atoms with E-state index in [0.717, 1.165) is 6.42 Å². The van der Waals surface area contributed by atoms with Gasteiger partial charge in [-0.05, 0) is 44.5 Å². The Morgan fingerprint density at radius 1 is 1.35 bits per heavy atom. The van der Waals surface area contributed by atoms with Crippen LogP contribution in [0.4, 0.5) is 0 Å². The van der Waals surface area contributed by atoms with Crippen LogP contribution in [0, 0.1) is 5.92 Å². The van der Waals surface area contributed by atoms with Gasteiger partial charge in [0.05, 0.1) is 0 Å². The standard InChI is InChI=1S/C14H23N3/c1-17(2)14(11-6-5-9-16-10-11)12-7-3-4-8-13(12)15/h5-6,9-10,12-14H,3-4,7-8,15H2,1-2H3. The molecule has 0 radical (unpaired) electrons. The maximum absolute atomic E-state index is 6.31. The van der Waals surface area contributed by atoms with Crippen LogP contribution in [0.1, 0.15) is 37.3 Å². The average Bonchev–Trinajstić information content (AvgIpc) is 2.33. The van der Waals surface area contributed by atoms with E-state index in [1.807, 2.05) is 18.5 Å². The quantitative estimate of drug-likeness (QED) is 0.870. The second-order valence-corrected chi connectivity index (χ2v) is 5.31. The topological polar surface area (TPSA) is 42.2 Å². The summed E-state index contributed by atoms with van der Waals surface area (Å²) in [6.07, 6.45) is 8.80. The molecule has 1 aromatic heterocycles. The van der Waals surface area contributed by atoms with Crippen LogP contribution in [-0.2, 0) is 0 Å². The van der Waals surface area contributed by atoms with Gasteiger partial charge >= 0.3 is 0 Å². The summed E-state index contributed by atoms with van der Waals surface area (Å²) in [6.45, 7) is 0. The fraction of sp³-hybridized carbons (Fsp3) is 0.643. The Kier molecular flexibility index (Phi) is 4.13. The maximum atomic E-state index is 6.31. The summed E-state index contributed by atoms with van der Waals surface area (Å²) < 4.78 is 0. The minimum atomic E-state index is 0.330. The third kappa shape index (κ3) is 2.85. The van der Waals surface area contributed by atoms with Crippen molar-refractivity contribution in [2.24, 2.45) is 11.7 Å². The molecule has 1 heterocycles. The minimum Gasteiger partial charge on any atom is -0.327 e. The van der Waals surface area contributed by atoms with E-state index in [1.54, 1.807) is 0 Å². The highest BCUT2D eigenvalue weighted by Gasteiger charge is 2.31. The summed E-state index contributed by atoms with van der Waals surface area (Å²) in [5, 5.41) is 0. The van der Waals surface area contributed by atoms with Crippen molar-refractivity contribution in [3.05, 3.63) is 30.1 Å². The molecule has 1 aliphatic rings. The van der Waals surface area contributed by atoms with Gasteiger partial charge in [0.15, 0.2) is 0 Å². The van der Waals surface area contributed by atoms with Gasteiger partial charge in [-0.25, -0.2) is 0 Å². The van der Waals surface area contributed by atoms with Crippen molar-refractivity contribution in [3.8, 4) is 0 Å². The van der Waals surface area contributed by atoms with Crippen molar-refractivity contribution in [2.75, 3.05) is 14.1 Å². The maximum Gasteiger partial charge on any atom is 0.0400 e. The first-order valence-corrected chi connectivity index (χ1v) is 6.52. The van der Waals surface area contributed by atoms with Crippen LogP contribution in [0.15, 0.2) is 24.5 Å². The Morgan fingerprint density at radius 3 is 2.71 bits per heavy atom. The summed E-state index contributed by atoms with van der Waals surface area (Å²) in [5.41, 5.74) is 7.60. The van der Waals surface area contributed by atoms with Crippen molar-refractivity contribution in [2.45, 2.75) is 37.8 Å². The zero-order chi connectivity index (χ0) is 12.3.